The van der Waals surface area contributed by atoms with Gasteiger partial charge in [-0.3, -0.25) is 9.82 Å². The van der Waals surface area contributed by atoms with E-state index in [9.17, 15) is 8.42 Å². The number of thiophene rings is 1. The highest BCUT2D eigenvalue weighted by Crippen LogP contribution is 2.34. The molecule has 9 heteroatoms. The van der Waals surface area contributed by atoms with Crippen LogP contribution in [0.4, 0.5) is 5.00 Å². The van der Waals surface area contributed by atoms with Crippen LogP contribution in [0.2, 0.25) is 0 Å². The van der Waals surface area contributed by atoms with Gasteiger partial charge in [-0.05, 0) is 18.2 Å². The maximum atomic E-state index is 12.4. The van der Waals surface area contributed by atoms with E-state index in [0.717, 1.165) is 10.2 Å². The summed E-state index contributed by atoms with van der Waals surface area (Å²) in [5, 5.41) is 8.44. The Kier molecular flexibility index (Phi) is 3.17. The quantitative estimate of drug-likeness (QED) is 0.529. The third kappa shape index (κ3) is 2.49. The monoisotopic (exact) mass is 345 g/mol. The summed E-state index contributed by atoms with van der Waals surface area (Å²) in [6.45, 7) is 0. The van der Waals surface area contributed by atoms with Crippen molar-refractivity contribution in [2.24, 2.45) is 0 Å². The van der Waals surface area contributed by atoms with Crippen molar-refractivity contribution in [3.63, 3.8) is 0 Å². The number of rotatable bonds is 4. The lowest BCUT2D eigenvalue weighted by Gasteiger charge is -2.04. The van der Waals surface area contributed by atoms with Crippen molar-refractivity contribution in [2.75, 3.05) is 4.72 Å². The van der Waals surface area contributed by atoms with Crippen molar-refractivity contribution in [3.05, 3.63) is 48.8 Å². The maximum Gasteiger partial charge on any atom is 0.262 e. The molecule has 0 bridgehead atoms. The Bertz CT molecular complexity index is 1050. The summed E-state index contributed by atoms with van der Waals surface area (Å²) in [5.74, 6) is 0.631. The van der Waals surface area contributed by atoms with Crippen molar-refractivity contribution < 1.29 is 8.42 Å². The van der Waals surface area contributed by atoms with Crippen LogP contribution in [0.1, 0.15) is 0 Å². The van der Waals surface area contributed by atoms with Gasteiger partial charge in [0.05, 0.1) is 4.90 Å². The molecule has 0 aliphatic heterocycles. The Hall–Kier alpha value is -2.65. The van der Waals surface area contributed by atoms with Crippen LogP contribution in [0.3, 0.4) is 0 Å². The molecule has 116 valence electrons. The average molecular weight is 345 g/mol. The van der Waals surface area contributed by atoms with Crippen molar-refractivity contribution in [3.8, 4) is 11.5 Å². The Balaban J connectivity index is 1.71. The third-order valence-electron chi connectivity index (χ3n) is 3.27. The molecule has 0 fully saturated rings. The number of fused-ring (bicyclic) bond motifs is 1. The molecular formula is C14H11N5O2S2. The van der Waals surface area contributed by atoms with Gasteiger partial charge in [-0.1, -0.05) is 29.5 Å². The summed E-state index contributed by atoms with van der Waals surface area (Å²) in [4.78, 5) is 8.16. The van der Waals surface area contributed by atoms with E-state index in [4.69, 9.17) is 0 Å². The molecule has 0 atom stereocenters. The standard InChI is InChI=1S/C14H11N5O2S2/c20-23(21,9-4-2-1-3-5-9)19-11-8-10-12(13-15-6-7-16-13)17-18-14(10)22-11/h1-8,19H,(H,15,16)(H,17,18). The zero-order valence-electron chi connectivity index (χ0n) is 11.6. The zero-order chi connectivity index (χ0) is 15.9. The van der Waals surface area contributed by atoms with Gasteiger partial charge in [0.1, 0.15) is 15.5 Å². The van der Waals surface area contributed by atoms with Crippen LogP contribution in [-0.2, 0) is 10.0 Å². The van der Waals surface area contributed by atoms with E-state index in [-0.39, 0.29) is 4.90 Å². The van der Waals surface area contributed by atoms with Gasteiger partial charge in [-0.25, -0.2) is 13.4 Å². The number of hydrogen-bond donors (Lipinski definition) is 3. The molecule has 0 aliphatic carbocycles. The van der Waals surface area contributed by atoms with Crippen molar-refractivity contribution in [1.29, 1.82) is 0 Å². The minimum atomic E-state index is -3.60. The van der Waals surface area contributed by atoms with Gasteiger partial charge in [-0.2, -0.15) is 5.10 Å². The van der Waals surface area contributed by atoms with Crippen molar-refractivity contribution >= 4 is 36.6 Å². The fourth-order valence-corrected chi connectivity index (χ4v) is 4.44. The first-order valence-corrected chi connectivity index (χ1v) is 8.99. The Morgan fingerprint density at radius 3 is 2.74 bits per heavy atom. The molecule has 0 unspecified atom stereocenters. The first-order valence-electron chi connectivity index (χ1n) is 6.69. The summed E-state index contributed by atoms with van der Waals surface area (Å²) in [7, 11) is -3.60. The summed E-state index contributed by atoms with van der Waals surface area (Å²) < 4.78 is 27.3. The second kappa shape index (κ2) is 5.21. The van der Waals surface area contributed by atoms with Gasteiger partial charge in [-0.15, -0.1) is 0 Å². The predicted octanol–water partition coefficient (Wildman–Crippen LogP) is 2.82. The minimum absolute atomic E-state index is 0.224. The summed E-state index contributed by atoms with van der Waals surface area (Å²) in [6.07, 6.45) is 3.35. The summed E-state index contributed by atoms with van der Waals surface area (Å²) in [5.41, 5.74) is 0.659. The molecule has 0 saturated carbocycles. The van der Waals surface area contributed by atoms with E-state index >= 15 is 0 Å². The number of benzene rings is 1. The number of nitrogens with zero attached hydrogens (tertiary/aromatic N) is 2. The lowest BCUT2D eigenvalue weighted by atomic mass is 10.3. The van der Waals surface area contributed by atoms with Crippen LogP contribution in [0.15, 0.2) is 53.7 Å². The largest absolute Gasteiger partial charge is 0.343 e. The molecule has 0 aliphatic rings. The second-order valence-corrected chi connectivity index (χ2v) is 7.52. The number of anilines is 1. The predicted molar refractivity (Wildman–Crippen MR) is 88.8 cm³/mol. The first-order chi connectivity index (χ1) is 11.1. The van der Waals surface area contributed by atoms with Gasteiger partial charge in [0.15, 0.2) is 5.82 Å². The van der Waals surface area contributed by atoms with Gasteiger partial charge < -0.3 is 4.98 Å². The van der Waals surface area contributed by atoms with Crippen LogP contribution in [0.5, 0.6) is 0 Å². The number of nitrogens with one attached hydrogen (secondary N) is 3. The fraction of sp³-hybridized carbons (Fsp3) is 0. The summed E-state index contributed by atoms with van der Waals surface area (Å²) >= 11 is 1.29. The normalized spacial score (nSPS) is 11.8. The molecule has 0 saturated heterocycles. The molecule has 0 amide bonds. The second-order valence-electron chi connectivity index (χ2n) is 4.78. The van der Waals surface area contributed by atoms with Crippen LogP contribution in [0, 0.1) is 0 Å². The maximum absolute atomic E-state index is 12.4. The van der Waals surface area contributed by atoms with E-state index in [2.05, 4.69) is 24.9 Å². The number of H-pyrrole nitrogens is 2. The number of imidazole rings is 1. The third-order valence-corrected chi connectivity index (χ3v) is 5.73. The molecule has 3 aromatic heterocycles. The fourth-order valence-electron chi connectivity index (χ4n) is 2.23. The van der Waals surface area contributed by atoms with Gasteiger partial charge in [0.25, 0.3) is 10.0 Å². The highest BCUT2D eigenvalue weighted by Gasteiger charge is 2.18. The highest BCUT2D eigenvalue weighted by molar-refractivity contribution is 7.93. The van der Waals surface area contributed by atoms with Crippen LogP contribution in [-0.4, -0.2) is 28.6 Å². The molecule has 4 rings (SSSR count). The molecule has 23 heavy (non-hydrogen) atoms. The van der Waals surface area contributed by atoms with Gasteiger partial charge >= 0.3 is 0 Å². The molecule has 3 N–H and O–H groups in total. The Labute approximate surface area is 135 Å². The number of aromatic nitrogens is 4. The van der Waals surface area contributed by atoms with Crippen LogP contribution < -0.4 is 4.72 Å². The molecule has 1 aromatic carbocycles. The SMILES string of the molecule is O=S(=O)(Nc1cc2c(-c3ncc[nH]3)n[nH]c2s1)c1ccccc1. The molecule has 3 heterocycles. The van der Waals surface area contributed by atoms with E-state index in [0.29, 0.717) is 16.5 Å². The smallest absolute Gasteiger partial charge is 0.262 e. The van der Waals surface area contributed by atoms with Gasteiger partial charge in [0.2, 0.25) is 0 Å². The first kappa shape index (κ1) is 14.0. The Morgan fingerprint density at radius 2 is 2.00 bits per heavy atom. The Morgan fingerprint density at radius 1 is 1.17 bits per heavy atom. The van der Waals surface area contributed by atoms with E-state index in [1.165, 1.54) is 11.3 Å². The van der Waals surface area contributed by atoms with E-state index in [1.807, 2.05) is 0 Å². The number of aromatic amines is 2. The van der Waals surface area contributed by atoms with Crippen molar-refractivity contribution in [1.82, 2.24) is 20.2 Å². The number of hydrogen-bond acceptors (Lipinski definition) is 5. The highest BCUT2D eigenvalue weighted by atomic mass is 32.2. The van der Waals surface area contributed by atoms with E-state index in [1.54, 1.807) is 48.8 Å². The van der Waals surface area contributed by atoms with E-state index < -0.39 is 10.0 Å². The topological polar surface area (TPSA) is 104 Å². The number of sulfonamides is 1. The lowest BCUT2D eigenvalue weighted by Crippen LogP contribution is -2.11. The van der Waals surface area contributed by atoms with Gasteiger partial charge in [0, 0.05) is 17.8 Å². The average Bonchev–Trinajstić information content (AvgIpc) is 3.24. The molecule has 4 aromatic rings. The van der Waals surface area contributed by atoms with Crippen LogP contribution in [0.25, 0.3) is 21.7 Å². The zero-order valence-corrected chi connectivity index (χ0v) is 13.3. The molecular weight excluding hydrogens is 334 g/mol. The molecule has 0 radical (unpaired) electrons. The molecule has 7 nitrogen and oxygen atoms in total. The van der Waals surface area contributed by atoms with Crippen molar-refractivity contribution in [2.45, 2.75) is 4.90 Å². The summed E-state index contributed by atoms with van der Waals surface area (Å²) in [6, 6.07) is 10.0. The lowest BCUT2D eigenvalue weighted by molar-refractivity contribution is 0.601. The minimum Gasteiger partial charge on any atom is -0.343 e. The molecule has 0 spiro atoms. The van der Waals surface area contributed by atoms with Crippen LogP contribution >= 0.6 is 11.3 Å².